The number of benzene rings is 1. The lowest BCUT2D eigenvalue weighted by molar-refractivity contribution is -0.139. The van der Waals surface area contributed by atoms with Crippen LogP contribution in [0, 0.1) is 13.8 Å². The summed E-state index contributed by atoms with van der Waals surface area (Å²) in [6, 6.07) is 4.84. The number of aromatic nitrogens is 1. The second-order valence-electron chi connectivity index (χ2n) is 5.45. The van der Waals surface area contributed by atoms with E-state index in [2.05, 4.69) is 5.16 Å². The molecule has 0 aliphatic heterocycles. The van der Waals surface area contributed by atoms with E-state index in [1.54, 1.807) is 18.2 Å². The lowest BCUT2D eigenvalue weighted by atomic mass is 10.1. The summed E-state index contributed by atoms with van der Waals surface area (Å²) >= 11 is 1.38. The van der Waals surface area contributed by atoms with E-state index in [4.69, 9.17) is 18.7 Å². The largest absolute Gasteiger partial charge is 0.497 e. The molecule has 0 saturated heterocycles. The van der Waals surface area contributed by atoms with Crippen LogP contribution in [0.2, 0.25) is 0 Å². The average molecular weight is 379 g/mol. The van der Waals surface area contributed by atoms with Crippen molar-refractivity contribution in [2.24, 2.45) is 0 Å². The Balaban J connectivity index is 1.82. The van der Waals surface area contributed by atoms with Crippen molar-refractivity contribution in [3.05, 3.63) is 40.8 Å². The van der Waals surface area contributed by atoms with Gasteiger partial charge in [0.05, 0.1) is 31.2 Å². The lowest BCUT2D eigenvalue weighted by Gasteiger charge is -2.10. The molecule has 2 aromatic rings. The second kappa shape index (κ2) is 9.28. The van der Waals surface area contributed by atoms with Crippen LogP contribution in [-0.2, 0) is 15.3 Å². The summed E-state index contributed by atoms with van der Waals surface area (Å²) in [5, 5.41) is 3.87. The van der Waals surface area contributed by atoms with E-state index in [-0.39, 0.29) is 18.1 Å². The number of Topliss-reactive ketones (excluding diaryl/α,β-unsaturated/α-hetero) is 1. The molecule has 1 aromatic heterocycles. The van der Waals surface area contributed by atoms with E-state index in [0.717, 1.165) is 17.0 Å². The zero-order chi connectivity index (χ0) is 19.1. The fourth-order valence-corrected chi connectivity index (χ4v) is 3.21. The highest BCUT2D eigenvalue weighted by molar-refractivity contribution is 7.99. The number of ketones is 1. The van der Waals surface area contributed by atoms with Crippen molar-refractivity contribution in [1.82, 2.24) is 5.16 Å². The monoisotopic (exact) mass is 379 g/mol. The standard InChI is InChI=1S/C18H21NO6S/c1-11-15(12(2)25-19-11)9-26-10-18(21)24-8-16(20)14-6-5-13(22-3)7-17(14)23-4/h5-7H,8-10H2,1-4H3. The van der Waals surface area contributed by atoms with Crippen LogP contribution in [0.5, 0.6) is 11.5 Å². The summed E-state index contributed by atoms with van der Waals surface area (Å²) in [5.41, 5.74) is 2.12. The number of ether oxygens (including phenoxy) is 3. The second-order valence-corrected chi connectivity index (χ2v) is 6.43. The summed E-state index contributed by atoms with van der Waals surface area (Å²) in [7, 11) is 2.99. The van der Waals surface area contributed by atoms with E-state index in [1.165, 1.54) is 26.0 Å². The molecule has 8 heteroatoms. The molecule has 26 heavy (non-hydrogen) atoms. The molecule has 0 radical (unpaired) electrons. The fraction of sp³-hybridized carbons (Fsp3) is 0.389. The molecule has 0 fully saturated rings. The molecule has 0 amide bonds. The molecule has 0 unspecified atom stereocenters. The Hall–Kier alpha value is -2.48. The van der Waals surface area contributed by atoms with Gasteiger partial charge in [-0.05, 0) is 26.0 Å². The quantitative estimate of drug-likeness (QED) is 0.485. The van der Waals surface area contributed by atoms with Crippen LogP contribution < -0.4 is 9.47 Å². The number of hydrogen-bond acceptors (Lipinski definition) is 8. The van der Waals surface area contributed by atoms with Gasteiger partial charge in [-0.1, -0.05) is 5.16 Å². The van der Waals surface area contributed by atoms with Crippen molar-refractivity contribution in [2.75, 3.05) is 26.6 Å². The Labute approximate surface area is 156 Å². The van der Waals surface area contributed by atoms with E-state index < -0.39 is 5.97 Å². The van der Waals surface area contributed by atoms with Gasteiger partial charge in [-0.2, -0.15) is 0 Å². The van der Waals surface area contributed by atoms with Crippen molar-refractivity contribution in [3.63, 3.8) is 0 Å². The summed E-state index contributed by atoms with van der Waals surface area (Å²) in [4.78, 5) is 24.1. The number of nitrogens with zero attached hydrogens (tertiary/aromatic N) is 1. The van der Waals surface area contributed by atoms with E-state index in [0.29, 0.717) is 22.8 Å². The zero-order valence-corrected chi connectivity index (χ0v) is 16.0. The molecule has 0 N–H and O–H groups in total. The smallest absolute Gasteiger partial charge is 0.316 e. The Morgan fingerprint density at radius 1 is 1.19 bits per heavy atom. The van der Waals surface area contributed by atoms with Gasteiger partial charge in [0.1, 0.15) is 17.3 Å². The molecule has 2 rings (SSSR count). The number of carbonyl (C=O) groups excluding carboxylic acids is 2. The van der Waals surface area contributed by atoms with Gasteiger partial charge in [-0.25, -0.2) is 0 Å². The zero-order valence-electron chi connectivity index (χ0n) is 15.2. The van der Waals surface area contributed by atoms with Gasteiger partial charge in [0, 0.05) is 17.4 Å². The third-order valence-electron chi connectivity index (χ3n) is 3.72. The molecule has 1 heterocycles. The fourth-order valence-electron chi connectivity index (χ4n) is 2.24. The molecule has 1 aromatic carbocycles. The highest BCUT2D eigenvalue weighted by atomic mass is 32.2. The van der Waals surface area contributed by atoms with Crippen LogP contribution in [0.3, 0.4) is 0 Å². The summed E-state index contributed by atoms with van der Waals surface area (Å²) < 4.78 is 20.4. The predicted molar refractivity (Wildman–Crippen MR) is 97.0 cm³/mol. The first-order valence-electron chi connectivity index (χ1n) is 7.86. The number of rotatable bonds is 9. The third kappa shape index (κ3) is 5.01. The molecular formula is C18H21NO6S. The Bertz CT molecular complexity index is 766. The molecule has 0 aliphatic rings. The number of carbonyl (C=O) groups is 2. The van der Waals surface area contributed by atoms with Crippen molar-refractivity contribution in [3.8, 4) is 11.5 Å². The van der Waals surface area contributed by atoms with Crippen molar-refractivity contribution < 1.29 is 28.3 Å². The van der Waals surface area contributed by atoms with Gasteiger partial charge in [0.2, 0.25) is 5.78 Å². The Morgan fingerprint density at radius 2 is 1.96 bits per heavy atom. The summed E-state index contributed by atoms with van der Waals surface area (Å²) in [6.07, 6.45) is 0. The molecule has 0 aliphatic carbocycles. The van der Waals surface area contributed by atoms with Crippen LogP contribution in [0.25, 0.3) is 0 Å². The highest BCUT2D eigenvalue weighted by Gasteiger charge is 2.16. The minimum atomic E-state index is -0.456. The maximum Gasteiger partial charge on any atom is 0.316 e. The van der Waals surface area contributed by atoms with Gasteiger partial charge >= 0.3 is 5.97 Å². The summed E-state index contributed by atoms with van der Waals surface area (Å²) in [5.74, 6) is 1.62. The first kappa shape index (κ1) is 19.8. The third-order valence-corrected chi connectivity index (χ3v) is 4.65. The predicted octanol–water partition coefficient (Wildman–Crippen LogP) is 2.97. The van der Waals surface area contributed by atoms with Crippen LogP contribution in [-0.4, -0.2) is 43.5 Å². The minimum Gasteiger partial charge on any atom is -0.497 e. The van der Waals surface area contributed by atoms with Crippen molar-refractivity contribution in [1.29, 1.82) is 0 Å². The number of esters is 1. The normalized spacial score (nSPS) is 10.5. The topological polar surface area (TPSA) is 87.9 Å². The van der Waals surface area contributed by atoms with Gasteiger partial charge < -0.3 is 18.7 Å². The molecule has 0 saturated carbocycles. The van der Waals surface area contributed by atoms with Gasteiger partial charge in [-0.3, -0.25) is 9.59 Å². The number of hydrogen-bond donors (Lipinski definition) is 0. The van der Waals surface area contributed by atoms with Crippen LogP contribution >= 0.6 is 11.8 Å². The lowest BCUT2D eigenvalue weighted by Crippen LogP contribution is -2.16. The maximum absolute atomic E-state index is 12.3. The number of thioether (sulfide) groups is 1. The molecule has 0 bridgehead atoms. The van der Waals surface area contributed by atoms with E-state index in [9.17, 15) is 9.59 Å². The van der Waals surface area contributed by atoms with Crippen LogP contribution in [0.1, 0.15) is 27.4 Å². The minimum absolute atomic E-state index is 0.136. The molecule has 7 nitrogen and oxygen atoms in total. The highest BCUT2D eigenvalue weighted by Crippen LogP contribution is 2.25. The van der Waals surface area contributed by atoms with Gasteiger partial charge in [-0.15, -0.1) is 11.8 Å². The van der Waals surface area contributed by atoms with Crippen molar-refractivity contribution in [2.45, 2.75) is 19.6 Å². The molecular weight excluding hydrogens is 358 g/mol. The average Bonchev–Trinajstić information content (AvgIpc) is 2.97. The van der Waals surface area contributed by atoms with E-state index >= 15 is 0 Å². The first-order valence-corrected chi connectivity index (χ1v) is 9.02. The molecule has 0 atom stereocenters. The Morgan fingerprint density at radius 3 is 2.58 bits per heavy atom. The Kier molecular flexibility index (Phi) is 7.08. The van der Waals surface area contributed by atoms with Crippen molar-refractivity contribution >= 4 is 23.5 Å². The van der Waals surface area contributed by atoms with Gasteiger partial charge in [0.25, 0.3) is 0 Å². The SMILES string of the molecule is COc1ccc(C(=O)COC(=O)CSCc2c(C)noc2C)c(OC)c1. The molecule has 0 spiro atoms. The molecule has 140 valence electrons. The number of aryl methyl sites for hydroxylation is 2. The summed E-state index contributed by atoms with van der Waals surface area (Å²) in [6.45, 7) is 3.34. The van der Waals surface area contributed by atoms with E-state index in [1.807, 2.05) is 13.8 Å². The van der Waals surface area contributed by atoms with Crippen LogP contribution in [0.4, 0.5) is 0 Å². The maximum atomic E-state index is 12.3. The number of methoxy groups -OCH3 is 2. The first-order chi connectivity index (χ1) is 12.5. The van der Waals surface area contributed by atoms with Crippen LogP contribution in [0.15, 0.2) is 22.7 Å². The van der Waals surface area contributed by atoms with Gasteiger partial charge in [0.15, 0.2) is 6.61 Å².